The van der Waals surface area contributed by atoms with Gasteiger partial charge >= 0.3 is 0 Å². The maximum absolute atomic E-state index is 13.5. The fraction of sp³-hybridized carbons (Fsp3) is 0.280. The zero-order valence-corrected chi connectivity index (χ0v) is 18.5. The predicted molar refractivity (Wildman–Crippen MR) is 120 cm³/mol. The van der Waals surface area contributed by atoms with Crippen LogP contribution in [0.2, 0.25) is 0 Å². The first-order chi connectivity index (χ1) is 16.0. The van der Waals surface area contributed by atoms with Crippen LogP contribution in [0.4, 0.5) is 0 Å². The van der Waals surface area contributed by atoms with Gasteiger partial charge in [0.1, 0.15) is 17.4 Å². The van der Waals surface area contributed by atoms with Crippen LogP contribution < -0.4 is 9.47 Å². The molecule has 2 atom stereocenters. The lowest BCUT2D eigenvalue weighted by molar-refractivity contribution is -0.140. The molecule has 1 fully saturated rings. The molecular formula is C25H25N3O5. The smallest absolute Gasteiger partial charge is 0.291 e. The number of Topliss-reactive ketones (excluding diaryl/α,β-unsaturated/α-hetero) is 2. The van der Waals surface area contributed by atoms with Gasteiger partial charge in [-0.25, -0.2) is 4.98 Å². The normalized spacial score (nSPS) is 17.9. The molecule has 0 saturated carbocycles. The molecule has 33 heavy (non-hydrogen) atoms. The Kier molecular flexibility index (Phi) is 6.53. The molecule has 0 N–H and O–H groups in total. The Morgan fingerprint density at radius 3 is 2.48 bits per heavy atom. The molecule has 2 heterocycles. The molecule has 0 bridgehead atoms. The molecule has 1 aromatic heterocycles. The topological polar surface area (TPSA) is 90.7 Å². The highest BCUT2D eigenvalue weighted by atomic mass is 16.5. The Labute approximate surface area is 191 Å². The average Bonchev–Trinajstić information content (AvgIpc) is 3.46. The molecule has 1 aliphatic heterocycles. The number of nitrogens with zero attached hydrogens (tertiary/aromatic N) is 3. The van der Waals surface area contributed by atoms with Gasteiger partial charge in [0.05, 0.1) is 26.6 Å². The molecule has 1 amide bonds. The number of hydrogen-bond donors (Lipinski definition) is 0. The second-order valence-electron chi connectivity index (χ2n) is 7.78. The predicted octanol–water partition coefficient (Wildman–Crippen LogP) is 2.94. The van der Waals surface area contributed by atoms with Gasteiger partial charge in [0.2, 0.25) is 5.78 Å². The Morgan fingerprint density at radius 1 is 1.03 bits per heavy atom. The van der Waals surface area contributed by atoms with Gasteiger partial charge < -0.3 is 18.9 Å². The summed E-state index contributed by atoms with van der Waals surface area (Å²) in [5.41, 5.74) is 0.948. The van der Waals surface area contributed by atoms with Crippen LogP contribution in [-0.4, -0.2) is 52.7 Å². The van der Waals surface area contributed by atoms with Crippen molar-refractivity contribution in [3.05, 3.63) is 78.4 Å². The highest BCUT2D eigenvalue weighted by Crippen LogP contribution is 2.43. The monoisotopic (exact) mass is 447 g/mol. The van der Waals surface area contributed by atoms with Crippen LogP contribution in [0, 0.1) is 5.92 Å². The van der Waals surface area contributed by atoms with Crippen LogP contribution in [0.15, 0.2) is 67.3 Å². The van der Waals surface area contributed by atoms with E-state index in [0.29, 0.717) is 42.1 Å². The van der Waals surface area contributed by atoms with Gasteiger partial charge in [0.15, 0.2) is 5.78 Å². The summed E-state index contributed by atoms with van der Waals surface area (Å²) in [5.74, 6) is -1.91. The minimum Gasteiger partial charge on any atom is -0.497 e. The fourth-order valence-corrected chi connectivity index (χ4v) is 4.27. The Hall–Kier alpha value is -3.94. The van der Waals surface area contributed by atoms with Crippen molar-refractivity contribution in [2.45, 2.75) is 19.0 Å². The van der Waals surface area contributed by atoms with Crippen LogP contribution in [0.1, 0.15) is 28.4 Å². The van der Waals surface area contributed by atoms with E-state index in [2.05, 4.69) is 4.98 Å². The molecule has 1 aliphatic rings. The minimum absolute atomic E-state index is 0.298. The first-order valence-corrected chi connectivity index (χ1v) is 10.7. The number of hydrogen-bond acceptors (Lipinski definition) is 6. The number of amides is 1. The summed E-state index contributed by atoms with van der Waals surface area (Å²) in [6.45, 7) is 0.920. The summed E-state index contributed by atoms with van der Waals surface area (Å²) in [4.78, 5) is 45.3. The first-order valence-electron chi connectivity index (χ1n) is 10.7. The van der Waals surface area contributed by atoms with Crippen molar-refractivity contribution < 1.29 is 23.9 Å². The van der Waals surface area contributed by atoms with Crippen molar-refractivity contribution in [3.63, 3.8) is 0 Å². The van der Waals surface area contributed by atoms with Gasteiger partial charge in [0, 0.05) is 36.6 Å². The number of ether oxygens (including phenoxy) is 2. The van der Waals surface area contributed by atoms with Crippen molar-refractivity contribution in [3.8, 4) is 11.5 Å². The summed E-state index contributed by atoms with van der Waals surface area (Å²) in [6.07, 6.45) is 5.80. The number of benzene rings is 2. The van der Waals surface area contributed by atoms with Gasteiger partial charge in [0.25, 0.3) is 5.91 Å². The summed E-state index contributed by atoms with van der Waals surface area (Å²) >= 11 is 0. The third kappa shape index (κ3) is 4.37. The van der Waals surface area contributed by atoms with Crippen LogP contribution in [0.25, 0.3) is 0 Å². The van der Waals surface area contributed by atoms with E-state index in [9.17, 15) is 14.4 Å². The first kappa shape index (κ1) is 22.3. The van der Waals surface area contributed by atoms with E-state index >= 15 is 0 Å². The molecule has 1 saturated heterocycles. The number of carbonyl (C=O) groups is 3. The maximum atomic E-state index is 13.5. The molecule has 4 rings (SSSR count). The highest BCUT2D eigenvalue weighted by molar-refractivity contribution is 6.44. The molecule has 2 aromatic carbocycles. The van der Waals surface area contributed by atoms with Gasteiger partial charge in [-0.2, -0.15) is 0 Å². The zero-order valence-electron chi connectivity index (χ0n) is 18.5. The maximum Gasteiger partial charge on any atom is 0.291 e. The quantitative estimate of drug-likeness (QED) is 0.285. The SMILES string of the molecule is COc1ccc(OC)c(C2C(C(=O)c3ccccc3)C(=O)C(=O)N2CCCn2ccnc2)c1. The second kappa shape index (κ2) is 9.68. The number of likely N-dealkylation sites (tertiary alicyclic amines) is 1. The molecule has 8 nitrogen and oxygen atoms in total. The second-order valence-corrected chi connectivity index (χ2v) is 7.78. The number of aromatic nitrogens is 2. The average molecular weight is 447 g/mol. The fourth-order valence-electron chi connectivity index (χ4n) is 4.27. The summed E-state index contributed by atoms with van der Waals surface area (Å²) in [6, 6.07) is 13.0. The van der Waals surface area contributed by atoms with Gasteiger partial charge in [-0.1, -0.05) is 30.3 Å². The molecule has 3 aromatic rings. The van der Waals surface area contributed by atoms with E-state index in [1.165, 1.54) is 19.1 Å². The van der Waals surface area contributed by atoms with Crippen molar-refractivity contribution in [2.75, 3.05) is 20.8 Å². The standard InChI is InChI=1S/C25H25N3O5/c1-32-18-9-10-20(33-2)19(15-18)22-21(23(29)17-7-4-3-5-8-17)24(30)25(31)28(22)13-6-12-27-14-11-26-16-27/h3-5,7-11,14-16,21-22H,6,12-13H2,1-2H3. The van der Waals surface area contributed by atoms with Crippen molar-refractivity contribution in [2.24, 2.45) is 5.92 Å². The lowest BCUT2D eigenvalue weighted by atomic mass is 9.86. The molecule has 0 spiro atoms. The summed E-state index contributed by atoms with van der Waals surface area (Å²) in [5, 5.41) is 0. The molecule has 8 heteroatoms. The van der Waals surface area contributed by atoms with Crippen molar-refractivity contribution in [1.29, 1.82) is 0 Å². The van der Waals surface area contributed by atoms with Crippen LogP contribution in [-0.2, 0) is 16.1 Å². The lowest BCUT2D eigenvalue weighted by Gasteiger charge is -2.28. The third-order valence-corrected chi connectivity index (χ3v) is 5.88. The third-order valence-electron chi connectivity index (χ3n) is 5.88. The number of aryl methyl sites for hydroxylation is 1. The minimum atomic E-state index is -1.17. The molecule has 0 aliphatic carbocycles. The highest BCUT2D eigenvalue weighted by Gasteiger charge is 2.52. The molecular weight excluding hydrogens is 422 g/mol. The molecule has 0 radical (unpaired) electrons. The largest absolute Gasteiger partial charge is 0.497 e. The van der Waals surface area contributed by atoms with Crippen molar-refractivity contribution in [1.82, 2.24) is 14.5 Å². The van der Waals surface area contributed by atoms with Gasteiger partial charge in [-0.15, -0.1) is 0 Å². The van der Waals surface area contributed by atoms with E-state index < -0.39 is 23.7 Å². The molecule has 2 unspecified atom stereocenters. The lowest BCUT2D eigenvalue weighted by Crippen LogP contribution is -2.32. The zero-order chi connectivity index (χ0) is 23.4. The van der Waals surface area contributed by atoms with E-state index in [1.807, 2.05) is 10.8 Å². The van der Waals surface area contributed by atoms with E-state index in [4.69, 9.17) is 9.47 Å². The van der Waals surface area contributed by atoms with E-state index in [-0.39, 0.29) is 5.78 Å². The number of ketones is 2. The Morgan fingerprint density at radius 2 is 1.82 bits per heavy atom. The van der Waals surface area contributed by atoms with Gasteiger partial charge in [-0.05, 0) is 24.6 Å². The van der Waals surface area contributed by atoms with Crippen LogP contribution in [0.3, 0.4) is 0 Å². The van der Waals surface area contributed by atoms with Crippen LogP contribution >= 0.6 is 0 Å². The Bertz CT molecular complexity index is 1140. The summed E-state index contributed by atoms with van der Waals surface area (Å²) < 4.78 is 12.8. The Balaban J connectivity index is 1.74. The van der Waals surface area contributed by atoms with E-state index in [0.717, 1.165) is 0 Å². The van der Waals surface area contributed by atoms with Gasteiger partial charge in [-0.3, -0.25) is 14.4 Å². The van der Waals surface area contributed by atoms with E-state index in [1.54, 1.807) is 61.1 Å². The number of methoxy groups -OCH3 is 2. The number of rotatable bonds is 9. The molecule has 170 valence electrons. The summed E-state index contributed by atoms with van der Waals surface area (Å²) in [7, 11) is 3.05. The van der Waals surface area contributed by atoms with Crippen molar-refractivity contribution >= 4 is 17.5 Å². The number of carbonyl (C=O) groups excluding carboxylic acids is 3. The number of imidazole rings is 1. The van der Waals surface area contributed by atoms with Crippen LogP contribution in [0.5, 0.6) is 11.5 Å².